The molecule has 0 radical (unpaired) electrons. The number of fused-ring (bicyclic) bond motifs is 1. The molecule has 0 saturated carbocycles. The molecule has 0 fully saturated rings. The molecule has 4 rings (SSSR count). The summed E-state index contributed by atoms with van der Waals surface area (Å²) in [5.41, 5.74) is 4.80. The number of halogens is 1. The van der Waals surface area contributed by atoms with Gasteiger partial charge in [-0.3, -0.25) is 4.79 Å². The van der Waals surface area contributed by atoms with Crippen LogP contribution in [0.3, 0.4) is 0 Å². The Morgan fingerprint density at radius 2 is 2.07 bits per heavy atom. The number of nitrogens with zero attached hydrogens (tertiary/aromatic N) is 2. The van der Waals surface area contributed by atoms with E-state index in [1.165, 1.54) is 29.0 Å². The lowest BCUT2D eigenvalue weighted by atomic mass is 9.97. The first-order chi connectivity index (χ1) is 14.5. The number of hydrogen-bond acceptors (Lipinski definition) is 3. The van der Waals surface area contributed by atoms with E-state index in [0.29, 0.717) is 17.6 Å². The molecule has 156 valence electrons. The quantitative estimate of drug-likeness (QED) is 0.624. The van der Waals surface area contributed by atoms with Crippen LogP contribution in [0.25, 0.3) is 11.0 Å². The fourth-order valence-electron chi connectivity index (χ4n) is 4.00. The maximum Gasteiger partial charge on any atom is 0.289 e. The summed E-state index contributed by atoms with van der Waals surface area (Å²) in [5, 5.41) is 3.53. The molecular formula is C24H27FN4O. The normalized spacial score (nSPS) is 16.4. The smallest absolute Gasteiger partial charge is 0.289 e. The number of aromatic nitrogens is 2. The molecule has 0 aliphatic heterocycles. The standard InChI is InChI=1S/C24H27FN4O/c1-3-29(24(30)23-27-21-12-11-18(25)13-22(21)28-23)20-6-4-5-19(14-20)26-15-17-9-7-16(2)8-10-17/h5,7-13,20,26H,3-4,6,14-15H2,1-2H3,(H,27,28)/t20-/m0/s1. The van der Waals surface area contributed by atoms with Gasteiger partial charge in [0.25, 0.3) is 5.91 Å². The van der Waals surface area contributed by atoms with E-state index in [2.05, 4.69) is 52.5 Å². The number of amides is 1. The average molecular weight is 407 g/mol. The van der Waals surface area contributed by atoms with Gasteiger partial charge < -0.3 is 15.2 Å². The summed E-state index contributed by atoms with van der Waals surface area (Å²) in [7, 11) is 0. The van der Waals surface area contributed by atoms with Crippen molar-refractivity contribution in [2.24, 2.45) is 0 Å². The Kier molecular flexibility index (Phi) is 5.84. The number of H-pyrrole nitrogens is 1. The fourth-order valence-corrected chi connectivity index (χ4v) is 4.00. The second kappa shape index (κ2) is 8.69. The first kappa shape index (κ1) is 20.1. The van der Waals surface area contributed by atoms with Gasteiger partial charge in [-0.2, -0.15) is 0 Å². The van der Waals surface area contributed by atoms with Crippen molar-refractivity contribution < 1.29 is 9.18 Å². The fraction of sp³-hybridized carbons (Fsp3) is 0.333. The highest BCUT2D eigenvalue weighted by molar-refractivity contribution is 5.94. The predicted molar refractivity (Wildman–Crippen MR) is 117 cm³/mol. The number of carbonyl (C=O) groups is 1. The molecule has 3 aromatic rings. The Balaban J connectivity index is 1.43. The van der Waals surface area contributed by atoms with Gasteiger partial charge in [-0.05, 0) is 44.4 Å². The minimum absolute atomic E-state index is 0.109. The van der Waals surface area contributed by atoms with E-state index in [-0.39, 0.29) is 23.6 Å². The highest BCUT2D eigenvalue weighted by Crippen LogP contribution is 2.24. The van der Waals surface area contributed by atoms with Gasteiger partial charge in [-0.15, -0.1) is 0 Å². The number of imidazole rings is 1. The summed E-state index contributed by atoms with van der Waals surface area (Å²) in [6.07, 6.45) is 4.87. The zero-order valence-corrected chi connectivity index (χ0v) is 17.4. The van der Waals surface area contributed by atoms with Crippen LogP contribution < -0.4 is 5.32 Å². The summed E-state index contributed by atoms with van der Waals surface area (Å²) in [6.45, 7) is 5.44. The molecule has 1 aliphatic rings. The molecule has 6 heteroatoms. The van der Waals surface area contributed by atoms with E-state index in [1.54, 1.807) is 6.07 Å². The van der Waals surface area contributed by atoms with E-state index in [1.807, 2.05) is 11.8 Å². The topological polar surface area (TPSA) is 61.0 Å². The Morgan fingerprint density at radius 3 is 2.83 bits per heavy atom. The Hall–Kier alpha value is -3.15. The number of carbonyl (C=O) groups excluding carboxylic acids is 1. The van der Waals surface area contributed by atoms with E-state index in [4.69, 9.17) is 0 Å². The number of nitrogens with one attached hydrogen (secondary N) is 2. The van der Waals surface area contributed by atoms with Crippen molar-refractivity contribution in [2.45, 2.75) is 45.7 Å². The molecule has 0 spiro atoms. The van der Waals surface area contributed by atoms with E-state index in [0.717, 1.165) is 25.8 Å². The second-order valence-corrected chi connectivity index (χ2v) is 7.84. The van der Waals surface area contributed by atoms with Crippen LogP contribution >= 0.6 is 0 Å². The third-order valence-electron chi connectivity index (χ3n) is 5.68. The van der Waals surface area contributed by atoms with Crippen LogP contribution in [0.5, 0.6) is 0 Å². The Labute approximate surface area is 176 Å². The lowest BCUT2D eigenvalue weighted by Crippen LogP contribution is -2.42. The van der Waals surface area contributed by atoms with Crippen molar-refractivity contribution >= 4 is 16.9 Å². The van der Waals surface area contributed by atoms with Crippen molar-refractivity contribution in [3.8, 4) is 0 Å². The van der Waals surface area contributed by atoms with Gasteiger partial charge in [0.1, 0.15) is 5.82 Å². The van der Waals surface area contributed by atoms with Gasteiger partial charge in [-0.25, -0.2) is 9.37 Å². The van der Waals surface area contributed by atoms with Crippen LogP contribution in [0.4, 0.5) is 4.39 Å². The summed E-state index contributed by atoms with van der Waals surface area (Å²) >= 11 is 0. The van der Waals surface area contributed by atoms with E-state index < -0.39 is 0 Å². The van der Waals surface area contributed by atoms with Crippen molar-refractivity contribution in [1.82, 2.24) is 20.2 Å². The SMILES string of the molecule is CCN(C(=O)c1nc2cc(F)ccc2[nH]1)[C@H]1CCC=C(NCc2ccc(C)cc2)C1. The summed E-state index contributed by atoms with van der Waals surface area (Å²) in [6, 6.07) is 12.9. The monoisotopic (exact) mass is 406 g/mol. The number of allylic oxidation sites excluding steroid dienone is 1. The van der Waals surface area contributed by atoms with Crippen LogP contribution in [-0.2, 0) is 6.54 Å². The molecule has 1 aliphatic carbocycles. The lowest BCUT2D eigenvalue weighted by Gasteiger charge is -2.33. The largest absolute Gasteiger partial charge is 0.384 e. The molecule has 30 heavy (non-hydrogen) atoms. The number of rotatable bonds is 6. The molecule has 2 N–H and O–H groups in total. The predicted octanol–water partition coefficient (Wildman–Crippen LogP) is 4.70. The molecule has 2 aromatic carbocycles. The Morgan fingerprint density at radius 1 is 1.27 bits per heavy atom. The van der Waals surface area contributed by atoms with Crippen molar-refractivity contribution in [2.75, 3.05) is 6.54 Å². The van der Waals surface area contributed by atoms with Crippen molar-refractivity contribution in [3.63, 3.8) is 0 Å². The first-order valence-electron chi connectivity index (χ1n) is 10.5. The molecule has 0 bridgehead atoms. The maximum atomic E-state index is 13.5. The third-order valence-corrected chi connectivity index (χ3v) is 5.68. The van der Waals surface area contributed by atoms with Gasteiger partial charge in [0.2, 0.25) is 0 Å². The van der Waals surface area contributed by atoms with Crippen molar-refractivity contribution in [3.05, 3.63) is 77.0 Å². The average Bonchev–Trinajstić information content (AvgIpc) is 3.17. The summed E-state index contributed by atoms with van der Waals surface area (Å²) < 4.78 is 13.5. The summed E-state index contributed by atoms with van der Waals surface area (Å²) in [4.78, 5) is 22.4. The molecule has 1 aromatic heterocycles. The van der Waals surface area contributed by atoms with Gasteiger partial charge in [0, 0.05) is 37.3 Å². The minimum Gasteiger partial charge on any atom is -0.384 e. The molecular weight excluding hydrogens is 379 g/mol. The number of aromatic amines is 1. The molecule has 0 unspecified atom stereocenters. The van der Waals surface area contributed by atoms with Gasteiger partial charge in [0.05, 0.1) is 11.0 Å². The minimum atomic E-state index is -0.359. The highest BCUT2D eigenvalue weighted by Gasteiger charge is 2.28. The lowest BCUT2D eigenvalue weighted by molar-refractivity contribution is 0.0663. The molecule has 0 saturated heterocycles. The second-order valence-electron chi connectivity index (χ2n) is 7.84. The maximum absolute atomic E-state index is 13.5. The third kappa shape index (κ3) is 4.37. The zero-order chi connectivity index (χ0) is 21.1. The molecule has 1 heterocycles. The Bertz CT molecular complexity index is 1070. The number of aryl methyl sites for hydroxylation is 1. The summed E-state index contributed by atoms with van der Waals surface area (Å²) in [5.74, 6) is -0.234. The van der Waals surface area contributed by atoms with Crippen LogP contribution in [0.2, 0.25) is 0 Å². The van der Waals surface area contributed by atoms with Crippen LogP contribution in [-0.4, -0.2) is 33.4 Å². The molecule has 1 amide bonds. The number of benzene rings is 2. The van der Waals surface area contributed by atoms with E-state index in [9.17, 15) is 9.18 Å². The molecule has 5 nitrogen and oxygen atoms in total. The van der Waals surface area contributed by atoms with Gasteiger partial charge >= 0.3 is 0 Å². The van der Waals surface area contributed by atoms with Gasteiger partial charge in [-0.1, -0.05) is 35.9 Å². The highest BCUT2D eigenvalue weighted by atomic mass is 19.1. The zero-order valence-electron chi connectivity index (χ0n) is 17.4. The van der Waals surface area contributed by atoms with Gasteiger partial charge in [0.15, 0.2) is 5.82 Å². The van der Waals surface area contributed by atoms with Crippen molar-refractivity contribution in [1.29, 1.82) is 0 Å². The number of hydrogen-bond donors (Lipinski definition) is 2. The molecule has 1 atom stereocenters. The van der Waals surface area contributed by atoms with Crippen LogP contribution in [0.15, 0.2) is 54.2 Å². The van der Waals surface area contributed by atoms with Crippen LogP contribution in [0.1, 0.15) is 47.9 Å². The van der Waals surface area contributed by atoms with E-state index >= 15 is 0 Å². The first-order valence-corrected chi connectivity index (χ1v) is 10.5. The van der Waals surface area contributed by atoms with Crippen LogP contribution in [0, 0.1) is 12.7 Å².